The highest BCUT2D eigenvalue weighted by molar-refractivity contribution is 7.80. The van der Waals surface area contributed by atoms with Gasteiger partial charge in [0.15, 0.2) is 0 Å². The maximum absolute atomic E-state index is 13.5. The van der Waals surface area contributed by atoms with Gasteiger partial charge in [-0.25, -0.2) is 4.79 Å². The Morgan fingerprint density at radius 2 is 1.03 bits per heavy atom. The fourth-order valence-electron chi connectivity index (χ4n) is 5.40. The van der Waals surface area contributed by atoms with Crippen molar-refractivity contribution in [3.8, 4) is 5.75 Å². The van der Waals surface area contributed by atoms with Crippen molar-refractivity contribution in [1.29, 1.82) is 0 Å². The summed E-state index contributed by atoms with van der Waals surface area (Å²) in [6.45, 7) is -0.628. The van der Waals surface area contributed by atoms with Crippen molar-refractivity contribution in [2.24, 2.45) is 23.1 Å². The molecule has 65 heavy (non-hydrogen) atoms. The number of thiol groups is 1. The average Bonchev–Trinajstić information content (AvgIpc) is 3.25. The lowest BCUT2D eigenvalue weighted by Gasteiger charge is -2.27. The van der Waals surface area contributed by atoms with E-state index in [-0.39, 0.29) is 24.3 Å². The van der Waals surface area contributed by atoms with Gasteiger partial charge in [0.1, 0.15) is 54.1 Å². The molecule has 0 aliphatic carbocycles. The van der Waals surface area contributed by atoms with E-state index in [1.54, 1.807) is 6.92 Å². The Morgan fingerprint density at radius 3 is 1.48 bits per heavy atom. The van der Waals surface area contributed by atoms with Crippen molar-refractivity contribution in [3.63, 3.8) is 0 Å². The molecule has 362 valence electrons. The smallest absolute Gasteiger partial charge is 0.327 e. The zero-order chi connectivity index (χ0) is 49.6. The number of carbonyl (C=O) groups excluding carboxylic acids is 10. The lowest BCUT2D eigenvalue weighted by atomic mass is 9.97. The molecule has 0 fully saturated rings. The van der Waals surface area contributed by atoms with Crippen molar-refractivity contribution >= 4 is 77.7 Å². The van der Waals surface area contributed by atoms with Crippen LogP contribution in [0.5, 0.6) is 5.75 Å². The Hall–Kier alpha value is -6.62. The summed E-state index contributed by atoms with van der Waals surface area (Å²) in [6.07, 6.45) is -1.72. The number of hydrogen-bond donors (Lipinski definition) is 17. The molecule has 0 spiro atoms. The number of primary amides is 2. The third-order valence-corrected chi connectivity index (χ3v) is 9.65. The van der Waals surface area contributed by atoms with Crippen LogP contribution in [0, 0.1) is 5.92 Å². The molecule has 0 bridgehead atoms. The van der Waals surface area contributed by atoms with Crippen LogP contribution in [0.15, 0.2) is 24.3 Å². The number of phenols is 1. The summed E-state index contributed by atoms with van der Waals surface area (Å²) in [6, 6.07) is -7.68. The number of carboxylic acid groups (broad SMARTS) is 1. The standard InChI is InChI=1S/C37H57N11O16S/c1-3-16(2)29(48-33(59)22(10-27(40)54)45-35(61)24(14-51)46-30(56)19(38)12-49)36(62)41-11-28(55)42-23(13-50)34(60)44-21(9-26(39)53)32(58)43-20(8-17-4-6-18(52)7-5-17)31(57)47-25(15-65)37(63)64/h4-7,16,19-25,29,49-52,65H,3,8-15,38H2,1-2H3,(H2,39,53)(H2,40,54)(H,41,62)(H,42,55)(H,43,58)(H,44,60)(H,45,61)(H,46,56)(H,47,57)(H,48,59)(H,63,64)/t16-,19-,20-,21-,22-,23-,24-,25-,29-/m0/s1. The zero-order valence-corrected chi connectivity index (χ0v) is 36.2. The van der Waals surface area contributed by atoms with Gasteiger partial charge in [0.2, 0.25) is 59.1 Å². The van der Waals surface area contributed by atoms with E-state index in [0.717, 1.165) is 0 Å². The monoisotopic (exact) mass is 943 g/mol. The van der Waals surface area contributed by atoms with Crippen LogP contribution in [-0.4, -0.2) is 171 Å². The topological polar surface area (TPSA) is 463 Å². The maximum atomic E-state index is 13.5. The minimum Gasteiger partial charge on any atom is -0.508 e. The van der Waals surface area contributed by atoms with Gasteiger partial charge in [0, 0.05) is 12.2 Å². The molecule has 1 aromatic carbocycles. The number of aliphatic hydroxyl groups is 3. The van der Waals surface area contributed by atoms with Crippen molar-refractivity contribution in [2.75, 3.05) is 32.1 Å². The highest BCUT2D eigenvalue weighted by atomic mass is 32.1. The molecule has 10 amide bonds. The summed E-state index contributed by atoms with van der Waals surface area (Å²) in [5.74, 6) is -13.6. The maximum Gasteiger partial charge on any atom is 0.327 e. The second-order valence-electron chi connectivity index (χ2n) is 14.4. The van der Waals surface area contributed by atoms with E-state index in [2.05, 4.69) is 55.2 Å². The molecule has 9 atom stereocenters. The summed E-state index contributed by atoms with van der Waals surface area (Å²) < 4.78 is 0. The Morgan fingerprint density at radius 1 is 0.600 bits per heavy atom. The number of carboxylic acids is 1. The number of aliphatic hydroxyl groups excluding tert-OH is 3. The summed E-state index contributed by atoms with van der Waals surface area (Å²) in [5, 5.41) is 65.2. The SMILES string of the molecule is CC[C@H](C)[C@H](NC(=O)[C@H](CC(N)=O)NC(=O)[C@H](CO)NC(=O)[C@@H](N)CO)C(=O)NCC(=O)N[C@@H](CO)C(=O)N[C@@H](CC(N)=O)C(=O)N[C@@H](Cc1ccc(O)cc1)C(=O)N[C@@H](CS)C(=O)O. The van der Waals surface area contributed by atoms with Gasteiger partial charge < -0.3 is 85.3 Å². The Bertz CT molecular complexity index is 1870. The van der Waals surface area contributed by atoms with E-state index in [9.17, 15) is 73.2 Å². The van der Waals surface area contributed by atoms with Gasteiger partial charge in [-0.1, -0.05) is 32.4 Å². The minimum absolute atomic E-state index is 0.125. The number of amides is 10. The predicted molar refractivity (Wildman–Crippen MR) is 226 cm³/mol. The fraction of sp³-hybridized carbons (Fsp3) is 0.541. The number of nitrogens with one attached hydrogen (secondary N) is 8. The second-order valence-corrected chi connectivity index (χ2v) is 14.8. The van der Waals surface area contributed by atoms with Gasteiger partial charge in [-0.15, -0.1) is 0 Å². The first kappa shape index (κ1) is 56.4. The van der Waals surface area contributed by atoms with Crippen molar-refractivity contribution < 1.29 is 78.3 Å². The van der Waals surface area contributed by atoms with Crippen LogP contribution in [-0.2, 0) is 59.2 Å². The first-order chi connectivity index (χ1) is 30.5. The quantitative estimate of drug-likeness (QED) is 0.0332. The van der Waals surface area contributed by atoms with Crippen molar-refractivity contribution in [3.05, 3.63) is 29.8 Å². The van der Waals surface area contributed by atoms with Gasteiger partial charge in [-0.3, -0.25) is 47.9 Å². The van der Waals surface area contributed by atoms with E-state index in [1.165, 1.54) is 31.2 Å². The lowest BCUT2D eigenvalue weighted by molar-refractivity contribution is -0.141. The average molecular weight is 944 g/mol. The molecular formula is C37H57N11O16S. The lowest BCUT2D eigenvalue weighted by Crippen LogP contribution is -2.60. The zero-order valence-electron chi connectivity index (χ0n) is 35.3. The first-order valence-electron chi connectivity index (χ1n) is 19.7. The number of hydrogen-bond acceptors (Lipinski definition) is 17. The fourth-order valence-corrected chi connectivity index (χ4v) is 5.65. The molecule has 0 heterocycles. The highest BCUT2D eigenvalue weighted by Crippen LogP contribution is 2.13. The molecule has 19 N–H and O–H groups in total. The molecule has 0 aliphatic heterocycles. The van der Waals surface area contributed by atoms with Gasteiger partial charge in [0.25, 0.3) is 0 Å². The van der Waals surface area contributed by atoms with Crippen molar-refractivity contribution in [1.82, 2.24) is 42.5 Å². The van der Waals surface area contributed by atoms with E-state index >= 15 is 0 Å². The molecule has 0 saturated heterocycles. The van der Waals surface area contributed by atoms with Crippen LogP contribution >= 0.6 is 12.6 Å². The summed E-state index contributed by atoms with van der Waals surface area (Å²) in [7, 11) is 0. The minimum atomic E-state index is -1.83. The van der Waals surface area contributed by atoms with Crippen LogP contribution in [0.1, 0.15) is 38.7 Å². The van der Waals surface area contributed by atoms with E-state index < -0.39 is 159 Å². The summed E-state index contributed by atoms with van der Waals surface area (Å²) in [4.78, 5) is 140. The van der Waals surface area contributed by atoms with Crippen molar-refractivity contribution in [2.45, 2.75) is 87.9 Å². The van der Waals surface area contributed by atoms with E-state index in [1.807, 2.05) is 0 Å². The largest absolute Gasteiger partial charge is 0.508 e. The van der Waals surface area contributed by atoms with Crippen LogP contribution in [0.3, 0.4) is 0 Å². The van der Waals surface area contributed by atoms with E-state index in [4.69, 9.17) is 22.3 Å². The number of rotatable bonds is 29. The number of aromatic hydroxyl groups is 1. The third kappa shape index (κ3) is 19.8. The van der Waals surface area contributed by atoms with Gasteiger partial charge in [0.05, 0.1) is 39.2 Å². The molecule has 0 radical (unpaired) electrons. The molecule has 28 heteroatoms. The Balaban J connectivity index is 3.14. The predicted octanol–water partition coefficient (Wildman–Crippen LogP) is -8.44. The van der Waals surface area contributed by atoms with Gasteiger partial charge >= 0.3 is 5.97 Å². The number of carbonyl (C=O) groups is 11. The normalized spacial score (nSPS) is 15.0. The third-order valence-electron chi connectivity index (χ3n) is 9.28. The summed E-state index contributed by atoms with van der Waals surface area (Å²) in [5.41, 5.74) is 16.3. The van der Waals surface area contributed by atoms with Gasteiger partial charge in [-0.2, -0.15) is 12.6 Å². The molecule has 0 unspecified atom stereocenters. The molecule has 27 nitrogen and oxygen atoms in total. The Kier molecular flexibility index (Phi) is 24.5. The van der Waals surface area contributed by atoms with Crippen LogP contribution in [0.25, 0.3) is 0 Å². The number of benzene rings is 1. The highest BCUT2D eigenvalue weighted by Gasteiger charge is 2.35. The Labute approximate surface area is 376 Å². The first-order valence-corrected chi connectivity index (χ1v) is 20.3. The molecule has 0 aromatic heterocycles. The van der Waals surface area contributed by atoms with E-state index in [0.29, 0.717) is 5.56 Å². The van der Waals surface area contributed by atoms with Crippen LogP contribution in [0.2, 0.25) is 0 Å². The number of phenolic OH excluding ortho intramolecular Hbond substituents is 1. The molecule has 1 rings (SSSR count). The number of nitrogens with two attached hydrogens (primary N) is 3. The second kappa shape index (κ2) is 28.2. The molecule has 0 aliphatic rings. The molecule has 0 saturated carbocycles. The van der Waals surface area contributed by atoms with Crippen LogP contribution in [0.4, 0.5) is 0 Å². The number of aliphatic carboxylic acids is 1. The molecular weight excluding hydrogens is 887 g/mol. The van der Waals surface area contributed by atoms with Gasteiger partial charge in [-0.05, 0) is 23.6 Å². The summed E-state index contributed by atoms with van der Waals surface area (Å²) >= 11 is 3.90. The van der Waals surface area contributed by atoms with Crippen LogP contribution < -0.4 is 59.7 Å². The molecule has 1 aromatic rings.